The highest BCUT2D eigenvalue weighted by molar-refractivity contribution is 7.27. The Morgan fingerprint density at radius 3 is 2.06 bits per heavy atom. The van der Waals surface area contributed by atoms with E-state index in [9.17, 15) is 0 Å². The van der Waals surface area contributed by atoms with E-state index >= 15 is 0 Å². The van der Waals surface area contributed by atoms with E-state index in [0.717, 1.165) is 28.0 Å². The second kappa shape index (κ2) is 12.9. The summed E-state index contributed by atoms with van der Waals surface area (Å²) in [5.41, 5.74) is 14.0. The summed E-state index contributed by atoms with van der Waals surface area (Å²) in [6.07, 6.45) is 1.53. The van der Waals surface area contributed by atoms with Crippen molar-refractivity contribution in [2.45, 2.75) is 0 Å². The number of hydrogen-bond donors (Lipinski definition) is 0. The van der Waals surface area contributed by atoms with Gasteiger partial charge in [0.25, 0.3) is 0 Å². The van der Waals surface area contributed by atoms with Crippen molar-refractivity contribution in [1.82, 2.24) is 19.1 Å². The smallest absolute Gasteiger partial charge is 0.181 e. The van der Waals surface area contributed by atoms with Crippen LogP contribution in [0, 0.1) is 0 Å². The maximum Gasteiger partial charge on any atom is 0.181 e. The maximum atomic E-state index is 5.84. The second-order valence-corrected chi connectivity index (χ2v) is 20.3. The third kappa shape index (κ3) is 4.72. The van der Waals surface area contributed by atoms with Gasteiger partial charge in [-0.05, 0) is 99.4 Å². The average molecular weight is 895 g/mol. The molecule has 0 aliphatic carbocycles. The van der Waals surface area contributed by atoms with Crippen molar-refractivity contribution in [3.05, 3.63) is 182 Å². The van der Waals surface area contributed by atoms with Crippen LogP contribution in [-0.2, 0) is 0 Å². The van der Waals surface area contributed by atoms with E-state index in [4.69, 9.17) is 4.42 Å². The fourth-order valence-electron chi connectivity index (χ4n) is 11.1. The highest BCUT2D eigenvalue weighted by Crippen LogP contribution is 2.50. The van der Waals surface area contributed by atoms with Crippen LogP contribution >= 0.6 is 34.0 Å². The normalized spacial score (nSPS) is 12.5. The Labute approximate surface area is 386 Å². The molecule has 16 aromatic rings. The summed E-state index contributed by atoms with van der Waals surface area (Å²) in [5.74, 6) is 0. The summed E-state index contributed by atoms with van der Waals surface area (Å²) in [7, 11) is 0. The van der Waals surface area contributed by atoms with Crippen molar-refractivity contribution in [2.24, 2.45) is 0 Å². The number of benzene rings is 10. The summed E-state index contributed by atoms with van der Waals surface area (Å²) >= 11 is 5.50. The van der Waals surface area contributed by atoms with E-state index in [1.165, 1.54) is 128 Å². The Morgan fingerprint density at radius 2 is 1.15 bits per heavy atom. The first-order valence-electron chi connectivity index (χ1n) is 22.0. The van der Waals surface area contributed by atoms with Gasteiger partial charge in [-0.2, -0.15) is 0 Å². The van der Waals surface area contributed by atoms with Crippen molar-refractivity contribution >= 4 is 161 Å². The Hall–Kier alpha value is -7.88. The van der Waals surface area contributed by atoms with Gasteiger partial charge < -0.3 is 13.6 Å². The zero-order valence-corrected chi connectivity index (χ0v) is 37.2. The number of aromatic nitrogens is 4. The van der Waals surface area contributed by atoms with Gasteiger partial charge in [0.05, 0.1) is 48.2 Å². The van der Waals surface area contributed by atoms with Gasteiger partial charge in [-0.25, -0.2) is 9.97 Å². The predicted molar refractivity (Wildman–Crippen MR) is 282 cm³/mol. The van der Waals surface area contributed by atoms with Crippen LogP contribution in [0.25, 0.3) is 149 Å². The molecule has 8 heteroatoms. The zero-order chi connectivity index (χ0) is 42.8. The molecule has 0 aliphatic heterocycles. The predicted octanol–water partition coefficient (Wildman–Crippen LogP) is 17.3. The third-order valence-corrected chi connectivity index (χ3v) is 17.1. The number of rotatable bonds is 3. The maximum absolute atomic E-state index is 5.84. The highest BCUT2D eigenvalue weighted by atomic mass is 32.1. The van der Waals surface area contributed by atoms with Crippen LogP contribution in [0.1, 0.15) is 0 Å². The fraction of sp³-hybridized carbons (Fsp3) is 0. The molecule has 0 radical (unpaired) electrons. The molecule has 0 atom stereocenters. The van der Waals surface area contributed by atoms with Crippen LogP contribution in [0.15, 0.2) is 186 Å². The first-order valence-corrected chi connectivity index (χ1v) is 24.5. The molecule has 10 aromatic carbocycles. The lowest BCUT2D eigenvalue weighted by atomic mass is 9.97. The molecule has 0 amide bonds. The quantitative estimate of drug-likeness (QED) is 0.178. The molecule has 5 nitrogen and oxygen atoms in total. The minimum absolute atomic E-state index is 0.775. The minimum atomic E-state index is 0.775. The van der Waals surface area contributed by atoms with Crippen molar-refractivity contribution in [1.29, 1.82) is 0 Å². The Morgan fingerprint density at radius 1 is 0.424 bits per heavy atom. The number of fused-ring (bicyclic) bond motifs is 19. The van der Waals surface area contributed by atoms with Crippen LogP contribution in [0.3, 0.4) is 0 Å². The van der Waals surface area contributed by atoms with Crippen molar-refractivity contribution in [3.8, 4) is 22.5 Å². The third-order valence-electron chi connectivity index (χ3n) is 14.0. The van der Waals surface area contributed by atoms with E-state index in [1.807, 2.05) is 28.2 Å². The number of thiophene rings is 2. The van der Waals surface area contributed by atoms with Crippen molar-refractivity contribution in [3.63, 3.8) is 0 Å². The number of nitrogens with zero attached hydrogens (tertiary/aromatic N) is 4. The molecule has 66 heavy (non-hydrogen) atoms. The SMILES string of the molecule is c1ccc2cc3c(cc2c1)c1cc2sc4c(-c5ccc6c7c8ccccc8c8c9ccccc9sc8c7n(-c7ccc8ncsc8c7)c6c5)cccc4c2cc1n3-c1ccc2ncoc2c1. The van der Waals surface area contributed by atoms with Gasteiger partial charge in [0.1, 0.15) is 5.52 Å². The van der Waals surface area contributed by atoms with E-state index in [2.05, 4.69) is 189 Å². The molecule has 16 rings (SSSR count). The first-order chi connectivity index (χ1) is 32.7. The summed E-state index contributed by atoms with van der Waals surface area (Å²) in [5, 5.41) is 15.2. The Kier molecular flexibility index (Phi) is 6.93. The molecule has 0 saturated heterocycles. The number of oxazole rings is 1. The largest absolute Gasteiger partial charge is 0.443 e. The lowest BCUT2D eigenvalue weighted by Crippen LogP contribution is -1.94. The topological polar surface area (TPSA) is 48.8 Å². The molecule has 0 bridgehead atoms. The van der Waals surface area contributed by atoms with Gasteiger partial charge in [0.2, 0.25) is 0 Å². The number of hydrogen-bond acceptors (Lipinski definition) is 6. The van der Waals surface area contributed by atoms with Gasteiger partial charge >= 0.3 is 0 Å². The first kappa shape index (κ1) is 35.5. The van der Waals surface area contributed by atoms with Gasteiger partial charge in [-0.1, -0.05) is 97.1 Å². The fourth-order valence-corrected chi connectivity index (χ4v) is 14.3. The summed E-state index contributed by atoms with van der Waals surface area (Å²) in [6, 6.07) is 63.2. The molecule has 0 unspecified atom stereocenters. The summed E-state index contributed by atoms with van der Waals surface area (Å²) in [6.45, 7) is 0. The Bertz CT molecular complexity index is 4790. The molecule has 0 fully saturated rings. The van der Waals surface area contributed by atoms with Crippen LogP contribution in [0.4, 0.5) is 0 Å². The zero-order valence-electron chi connectivity index (χ0n) is 34.7. The minimum Gasteiger partial charge on any atom is -0.443 e. The molecular formula is C58H30N4OS3. The van der Waals surface area contributed by atoms with Crippen molar-refractivity contribution < 1.29 is 4.42 Å². The summed E-state index contributed by atoms with van der Waals surface area (Å²) in [4.78, 5) is 9.08. The lowest BCUT2D eigenvalue weighted by molar-refractivity contribution is 0.602. The molecule has 306 valence electrons. The van der Waals surface area contributed by atoms with Crippen LogP contribution in [-0.4, -0.2) is 19.1 Å². The van der Waals surface area contributed by atoms with Crippen molar-refractivity contribution in [2.75, 3.05) is 0 Å². The standard InChI is InChI=1S/C58H30N4OS3/c1-2-9-32-23-48-42(22-31(32)8-1)43-28-52-44(27-49(43)61(48)34-17-20-45-50(25-34)63-29-59-45)39-14-7-13-36(57(39)66-52)33-16-19-40-47(24-33)62(35-18-21-46-53(26-35)64-30-60-46)56-54(40)37-10-3-4-11-38(37)55-41-12-5-6-15-51(41)65-58(55)56/h1-30H. The second-order valence-electron chi connectivity index (χ2n) is 17.3. The molecule has 0 N–H and O–H groups in total. The number of thiazole rings is 1. The average Bonchev–Trinajstić information content (AvgIpc) is 4.23. The Balaban J connectivity index is 0.981. The highest BCUT2D eigenvalue weighted by Gasteiger charge is 2.24. The molecule has 6 aromatic heterocycles. The molecule has 0 saturated carbocycles. The molecule has 6 heterocycles. The van der Waals surface area contributed by atoms with E-state index in [0.29, 0.717) is 0 Å². The van der Waals surface area contributed by atoms with Crippen LogP contribution in [0.2, 0.25) is 0 Å². The van der Waals surface area contributed by atoms with E-state index in [-0.39, 0.29) is 0 Å². The van der Waals surface area contributed by atoms with E-state index in [1.54, 1.807) is 11.3 Å². The molecule has 0 spiro atoms. The van der Waals surface area contributed by atoms with Gasteiger partial charge in [0.15, 0.2) is 12.0 Å². The van der Waals surface area contributed by atoms with Crippen LogP contribution in [0.5, 0.6) is 0 Å². The molecular weight excluding hydrogens is 865 g/mol. The van der Waals surface area contributed by atoms with Gasteiger partial charge in [-0.3, -0.25) is 0 Å². The lowest BCUT2D eigenvalue weighted by Gasteiger charge is -2.11. The monoisotopic (exact) mass is 894 g/mol. The molecule has 0 aliphatic rings. The van der Waals surface area contributed by atoms with Crippen LogP contribution < -0.4 is 0 Å². The van der Waals surface area contributed by atoms with Gasteiger partial charge in [-0.15, -0.1) is 34.0 Å². The summed E-state index contributed by atoms with van der Waals surface area (Å²) < 4.78 is 17.1. The van der Waals surface area contributed by atoms with E-state index < -0.39 is 0 Å². The van der Waals surface area contributed by atoms with Gasteiger partial charge in [0, 0.05) is 68.9 Å².